The highest BCUT2D eigenvalue weighted by molar-refractivity contribution is 6.32. The van der Waals surface area contributed by atoms with Crippen molar-refractivity contribution in [2.24, 2.45) is 0 Å². The zero-order valence-electron chi connectivity index (χ0n) is 10.2. The Labute approximate surface area is 106 Å². The van der Waals surface area contributed by atoms with Crippen molar-refractivity contribution in [1.82, 2.24) is 9.78 Å². The minimum Gasteiger partial charge on any atom is -0.392 e. The number of aryl methyl sites for hydroxylation is 1. The lowest BCUT2D eigenvalue weighted by Gasteiger charge is -2.11. The summed E-state index contributed by atoms with van der Waals surface area (Å²) >= 11 is 6.20. The maximum atomic E-state index is 9.37. The SMILES string of the molecule is Cc1nn(-c2c(Cl)cccc2CO)c(C)c1C. The van der Waals surface area contributed by atoms with Crippen LogP contribution in [0.5, 0.6) is 0 Å². The van der Waals surface area contributed by atoms with Crippen molar-refractivity contribution in [3.8, 4) is 5.69 Å². The van der Waals surface area contributed by atoms with E-state index in [-0.39, 0.29) is 6.61 Å². The largest absolute Gasteiger partial charge is 0.392 e. The van der Waals surface area contributed by atoms with Gasteiger partial charge in [0.1, 0.15) is 0 Å². The third kappa shape index (κ3) is 1.96. The molecule has 17 heavy (non-hydrogen) atoms. The van der Waals surface area contributed by atoms with Crippen LogP contribution in [0, 0.1) is 20.8 Å². The smallest absolute Gasteiger partial charge is 0.0890 e. The minimum absolute atomic E-state index is 0.0483. The number of benzene rings is 1. The molecule has 0 saturated heterocycles. The molecule has 1 aromatic carbocycles. The topological polar surface area (TPSA) is 38.0 Å². The Kier molecular flexibility index (Phi) is 3.22. The van der Waals surface area contributed by atoms with E-state index in [0.717, 1.165) is 28.2 Å². The van der Waals surface area contributed by atoms with Gasteiger partial charge in [0.2, 0.25) is 0 Å². The van der Waals surface area contributed by atoms with Gasteiger partial charge in [-0.25, -0.2) is 4.68 Å². The Balaban J connectivity index is 2.72. The van der Waals surface area contributed by atoms with Crippen LogP contribution < -0.4 is 0 Å². The molecule has 0 aliphatic heterocycles. The lowest BCUT2D eigenvalue weighted by Crippen LogP contribution is -2.04. The maximum Gasteiger partial charge on any atom is 0.0890 e. The van der Waals surface area contributed by atoms with Crippen molar-refractivity contribution in [3.63, 3.8) is 0 Å². The minimum atomic E-state index is -0.0483. The van der Waals surface area contributed by atoms with Gasteiger partial charge in [0, 0.05) is 11.3 Å². The molecule has 90 valence electrons. The van der Waals surface area contributed by atoms with Crippen molar-refractivity contribution in [2.45, 2.75) is 27.4 Å². The van der Waals surface area contributed by atoms with Crippen LogP contribution in [0.2, 0.25) is 5.02 Å². The molecule has 0 unspecified atom stereocenters. The number of aliphatic hydroxyl groups excluding tert-OH is 1. The molecule has 2 rings (SSSR count). The summed E-state index contributed by atoms with van der Waals surface area (Å²) in [6.07, 6.45) is 0. The number of rotatable bonds is 2. The van der Waals surface area contributed by atoms with Crippen molar-refractivity contribution >= 4 is 11.6 Å². The van der Waals surface area contributed by atoms with E-state index in [4.69, 9.17) is 11.6 Å². The summed E-state index contributed by atoms with van der Waals surface area (Å²) in [5.74, 6) is 0. The van der Waals surface area contributed by atoms with Gasteiger partial charge in [0.05, 0.1) is 23.0 Å². The summed E-state index contributed by atoms with van der Waals surface area (Å²) in [5, 5.41) is 14.4. The van der Waals surface area contributed by atoms with E-state index in [1.54, 1.807) is 4.68 Å². The zero-order chi connectivity index (χ0) is 12.6. The first-order valence-electron chi connectivity index (χ1n) is 5.47. The second-order valence-corrected chi connectivity index (χ2v) is 4.52. The fraction of sp³-hybridized carbons (Fsp3) is 0.308. The van der Waals surface area contributed by atoms with Crippen LogP contribution in [0.1, 0.15) is 22.5 Å². The Morgan fingerprint density at radius 2 is 2.00 bits per heavy atom. The predicted molar refractivity (Wildman–Crippen MR) is 68.7 cm³/mol. The first-order valence-corrected chi connectivity index (χ1v) is 5.85. The van der Waals surface area contributed by atoms with Crippen LogP contribution in [0.15, 0.2) is 18.2 Å². The number of hydrogen-bond donors (Lipinski definition) is 1. The average Bonchev–Trinajstić information content (AvgIpc) is 2.56. The van der Waals surface area contributed by atoms with E-state index < -0.39 is 0 Å². The fourth-order valence-corrected chi connectivity index (χ4v) is 2.14. The van der Waals surface area contributed by atoms with E-state index >= 15 is 0 Å². The molecular formula is C13H15ClN2O. The predicted octanol–water partition coefficient (Wildman–Crippen LogP) is 2.94. The molecule has 0 atom stereocenters. The molecule has 0 aliphatic carbocycles. The van der Waals surface area contributed by atoms with Gasteiger partial charge in [-0.05, 0) is 32.4 Å². The van der Waals surface area contributed by atoms with Crippen LogP contribution in [0.4, 0.5) is 0 Å². The normalized spacial score (nSPS) is 10.9. The highest BCUT2D eigenvalue weighted by Gasteiger charge is 2.14. The third-order valence-electron chi connectivity index (χ3n) is 3.11. The van der Waals surface area contributed by atoms with E-state index in [2.05, 4.69) is 5.10 Å². The van der Waals surface area contributed by atoms with Crippen LogP contribution in [-0.2, 0) is 6.61 Å². The summed E-state index contributed by atoms with van der Waals surface area (Å²) in [4.78, 5) is 0. The third-order valence-corrected chi connectivity index (χ3v) is 3.41. The lowest BCUT2D eigenvalue weighted by atomic mass is 10.1. The standard InChI is InChI=1S/C13H15ClN2O/c1-8-9(2)15-16(10(8)3)13-11(7-17)5-4-6-12(13)14/h4-6,17H,7H2,1-3H3. The summed E-state index contributed by atoms with van der Waals surface area (Å²) < 4.78 is 1.80. The number of aliphatic hydroxyl groups is 1. The summed E-state index contributed by atoms with van der Waals surface area (Å²) in [6, 6.07) is 5.49. The monoisotopic (exact) mass is 250 g/mol. The zero-order valence-corrected chi connectivity index (χ0v) is 10.9. The number of para-hydroxylation sites is 1. The second-order valence-electron chi connectivity index (χ2n) is 4.11. The molecule has 0 aliphatic rings. The van der Waals surface area contributed by atoms with Gasteiger partial charge in [0.15, 0.2) is 0 Å². The molecule has 0 amide bonds. The van der Waals surface area contributed by atoms with Gasteiger partial charge < -0.3 is 5.11 Å². The number of aromatic nitrogens is 2. The van der Waals surface area contributed by atoms with E-state index in [9.17, 15) is 5.11 Å². The van der Waals surface area contributed by atoms with Gasteiger partial charge in [0.25, 0.3) is 0 Å². The van der Waals surface area contributed by atoms with Crippen molar-refractivity contribution in [2.75, 3.05) is 0 Å². The Morgan fingerprint density at radius 1 is 1.29 bits per heavy atom. The first kappa shape index (κ1) is 12.1. The second kappa shape index (κ2) is 4.51. The van der Waals surface area contributed by atoms with Gasteiger partial charge in [-0.15, -0.1) is 0 Å². The fourth-order valence-electron chi connectivity index (χ4n) is 1.86. The van der Waals surface area contributed by atoms with Gasteiger partial charge in [-0.2, -0.15) is 5.10 Å². The van der Waals surface area contributed by atoms with E-state index in [0.29, 0.717) is 5.02 Å². The Morgan fingerprint density at radius 3 is 2.53 bits per heavy atom. The molecular weight excluding hydrogens is 236 g/mol. The average molecular weight is 251 g/mol. The van der Waals surface area contributed by atoms with Gasteiger partial charge in [-0.1, -0.05) is 23.7 Å². The molecule has 1 N–H and O–H groups in total. The molecule has 0 fully saturated rings. The molecule has 0 saturated carbocycles. The summed E-state index contributed by atoms with van der Waals surface area (Å²) in [6.45, 7) is 5.95. The molecule has 0 bridgehead atoms. The number of nitrogens with zero attached hydrogens (tertiary/aromatic N) is 2. The van der Waals surface area contributed by atoms with E-state index in [1.807, 2.05) is 39.0 Å². The van der Waals surface area contributed by atoms with Crippen molar-refractivity contribution < 1.29 is 5.11 Å². The highest BCUT2D eigenvalue weighted by atomic mass is 35.5. The molecule has 0 radical (unpaired) electrons. The molecule has 1 aromatic heterocycles. The van der Waals surface area contributed by atoms with Crippen molar-refractivity contribution in [1.29, 1.82) is 0 Å². The Hall–Kier alpha value is -1.32. The Bertz CT molecular complexity index is 561. The van der Waals surface area contributed by atoms with Crippen LogP contribution in [-0.4, -0.2) is 14.9 Å². The van der Waals surface area contributed by atoms with Crippen LogP contribution in [0.3, 0.4) is 0 Å². The lowest BCUT2D eigenvalue weighted by molar-refractivity contribution is 0.281. The number of halogens is 1. The first-order chi connectivity index (χ1) is 8.06. The van der Waals surface area contributed by atoms with E-state index in [1.165, 1.54) is 0 Å². The van der Waals surface area contributed by atoms with Crippen LogP contribution >= 0.6 is 11.6 Å². The maximum absolute atomic E-state index is 9.37. The molecule has 0 spiro atoms. The molecule has 1 heterocycles. The van der Waals surface area contributed by atoms with Gasteiger partial charge in [-0.3, -0.25) is 0 Å². The number of hydrogen-bond acceptors (Lipinski definition) is 2. The van der Waals surface area contributed by atoms with Crippen molar-refractivity contribution in [3.05, 3.63) is 45.7 Å². The molecule has 2 aromatic rings. The molecule has 3 nitrogen and oxygen atoms in total. The van der Waals surface area contributed by atoms with Crippen LogP contribution in [0.25, 0.3) is 5.69 Å². The quantitative estimate of drug-likeness (QED) is 0.890. The molecule has 4 heteroatoms. The summed E-state index contributed by atoms with van der Waals surface area (Å²) in [5.41, 5.74) is 4.72. The van der Waals surface area contributed by atoms with Gasteiger partial charge >= 0.3 is 0 Å². The summed E-state index contributed by atoms with van der Waals surface area (Å²) in [7, 11) is 0. The highest BCUT2D eigenvalue weighted by Crippen LogP contribution is 2.27.